The lowest BCUT2D eigenvalue weighted by molar-refractivity contribution is -0.128. The van der Waals surface area contributed by atoms with Gasteiger partial charge >= 0.3 is 0 Å². The number of hydrogen-bond donors (Lipinski definition) is 1. The molecule has 5 heteroatoms. The van der Waals surface area contributed by atoms with Gasteiger partial charge in [-0.15, -0.1) is 0 Å². The molecule has 1 fully saturated rings. The molecule has 0 bridgehead atoms. The Bertz CT molecular complexity index is 530. The molecular weight excluding hydrogens is 356 g/mol. The number of halogens is 1. The van der Waals surface area contributed by atoms with Crippen LogP contribution in [0.2, 0.25) is 0 Å². The van der Waals surface area contributed by atoms with Crippen LogP contribution in [0.15, 0.2) is 22.7 Å². The maximum atomic E-state index is 12.3. The molecule has 1 heterocycles. The van der Waals surface area contributed by atoms with E-state index in [-0.39, 0.29) is 11.9 Å². The molecule has 2 atom stereocenters. The lowest BCUT2D eigenvalue weighted by atomic mass is 10.1. The SMILES string of the molecule is Cc1ccc(OC(C)C(=O)NC(C)CN2CCCCC2)c(Br)c1. The summed E-state index contributed by atoms with van der Waals surface area (Å²) in [6, 6.07) is 5.98. The van der Waals surface area contributed by atoms with Crippen molar-refractivity contribution in [1.82, 2.24) is 10.2 Å². The average Bonchev–Trinajstić information content (AvgIpc) is 2.50. The molecule has 1 aromatic carbocycles. The molecule has 2 rings (SSSR count). The maximum absolute atomic E-state index is 12.3. The molecule has 1 aliphatic rings. The maximum Gasteiger partial charge on any atom is 0.261 e. The minimum Gasteiger partial charge on any atom is -0.480 e. The summed E-state index contributed by atoms with van der Waals surface area (Å²) in [6.07, 6.45) is 3.34. The number of rotatable bonds is 6. The second kappa shape index (κ2) is 8.69. The fourth-order valence-electron chi connectivity index (χ4n) is 2.88. The largest absolute Gasteiger partial charge is 0.480 e. The first-order valence-corrected chi connectivity index (χ1v) is 9.20. The Balaban J connectivity index is 1.81. The quantitative estimate of drug-likeness (QED) is 0.818. The molecule has 1 aliphatic heterocycles. The van der Waals surface area contributed by atoms with Crippen molar-refractivity contribution in [2.24, 2.45) is 0 Å². The van der Waals surface area contributed by atoms with Crippen LogP contribution in [-0.2, 0) is 4.79 Å². The zero-order valence-electron chi connectivity index (χ0n) is 14.3. The summed E-state index contributed by atoms with van der Waals surface area (Å²) in [4.78, 5) is 14.7. The minimum absolute atomic E-state index is 0.0676. The summed E-state index contributed by atoms with van der Waals surface area (Å²) in [6.45, 7) is 9.06. The van der Waals surface area contributed by atoms with Crippen LogP contribution in [0.3, 0.4) is 0 Å². The Kier molecular flexibility index (Phi) is 6.90. The zero-order valence-corrected chi connectivity index (χ0v) is 15.9. The number of aryl methyl sites for hydroxylation is 1. The molecule has 0 saturated carbocycles. The minimum atomic E-state index is -0.516. The van der Waals surface area contributed by atoms with Gasteiger partial charge in [0.25, 0.3) is 5.91 Å². The number of likely N-dealkylation sites (tertiary alicyclic amines) is 1. The summed E-state index contributed by atoms with van der Waals surface area (Å²) in [5, 5.41) is 3.06. The molecule has 1 N–H and O–H groups in total. The molecular formula is C18H27BrN2O2. The highest BCUT2D eigenvalue weighted by atomic mass is 79.9. The average molecular weight is 383 g/mol. The Labute approximate surface area is 147 Å². The third-order valence-electron chi connectivity index (χ3n) is 4.13. The molecule has 0 aliphatic carbocycles. The van der Waals surface area contributed by atoms with Crippen LogP contribution < -0.4 is 10.1 Å². The van der Waals surface area contributed by atoms with Gasteiger partial charge in [-0.05, 0) is 80.3 Å². The number of hydrogen-bond acceptors (Lipinski definition) is 3. The summed E-state index contributed by atoms with van der Waals surface area (Å²) >= 11 is 3.48. The second-order valence-corrected chi connectivity index (χ2v) is 7.32. The first kappa shape index (κ1) is 18.3. The smallest absolute Gasteiger partial charge is 0.261 e. The van der Waals surface area contributed by atoms with Gasteiger partial charge in [0.2, 0.25) is 0 Å². The molecule has 2 unspecified atom stereocenters. The van der Waals surface area contributed by atoms with Crippen LogP contribution in [-0.4, -0.2) is 42.6 Å². The predicted octanol–water partition coefficient (Wildman–Crippen LogP) is 3.52. The van der Waals surface area contributed by atoms with Crippen LogP contribution >= 0.6 is 15.9 Å². The first-order chi connectivity index (χ1) is 11.0. The number of benzene rings is 1. The highest BCUT2D eigenvalue weighted by Gasteiger charge is 2.20. The fourth-order valence-corrected chi connectivity index (χ4v) is 3.47. The Hall–Kier alpha value is -1.07. The monoisotopic (exact) mass is 382 g/mol. The van der Waals surface area contributed by atoms with E-state index in [1.54, 1.807) is 6.92 Å². The topological polar surface area (TPSA) is 41.6 Å². The lowest BCUT2D eigenvalue weighted by Crippen LogP contribution is -2.47. The van der Waals surface area contributed by atoms with E-state index in [0.717, 1.165) is 29.7 Å². The number of amides is 1. The van der Waals surface area contributed by atoms with Crippen molar-refractivity contribution in [1.29, 1.82) is 0 Å². The van der Waals surface area contributed by atoms with Crippen molar-refractivity contribution in [2.75, 3.05) is 19.6 Å². The van der Waals surface area contributed by atoms with Crippen molar-refractivity contribution < 1.29 is 9.53 Å². The van der Waals surface area contributed by atoms with Crippen molar-refractivity contribution in [3.8, 4) is 5.75 Å². The van der Waals surface area contributed by atoms with Crippen molar-refractivity contribution >= 4 is 21.8 Å². The van der Waals surface area contributed by atoms with Gasteiger partial charge in [-0.3, -0.25) is 4.79 Å². The van der Waals surface area contributed by atoms with E-state index in [1.807, 2.05) is 25.1 Å². The van der Waals surface area contributed by atoms with Crippen LogP contribution in [0.1, 0.15) is 38.7 Å². The Morgan fingerprint density at radius 1 is 1.30 bits per heavy atom. The van der Waals surface area contributed by atoms with Gasteiger partial charge in [0, 0.05) is 12.6 Å². The fraction of sp³-hybridized carbons (Fsp3) is 0.611. The van der Waals surface area contributed by atoms with E-state index >= 15 is 0 Å². The van der Waals surface area contributed by atoms with E-state index < -0.39 is 6.10 Å². The van der Waals surface area contributed by atoms with Crippen LogP contribution in [0.5, 0.6) is 5.75 Å². The summed E-state index contributed by atoms with van der Waals surface area (Å²) in [5.74, 6) is 0.629. The Morgan fingerprint density at radius 3 is 2.65 bits per heavy atom. The zero-order chi connectivity index (χ0) is 16.8. The standard InChI is InChI=1S/C18H27BrN2O2/c1-13-7-8-17(16(19)11-13)23-15(3)18(22)20-14(2)12-21-9-5-4-6-10-21/h7-8,11,14-15H,4-6,9-10,12H2,1-3H3,(H,20,22). The van der Waals surface area contributed by atoms with Crippen molar-refractivity contribution in [3.05, 3.63) is 28.2 Å². The van der Waals surface area contributed by atoms with E-state index in [4.69, 9.17) is 4.74 Å². The molecule has 0 radical (unpaired) electrons. The second-order valence-electron chi connectivity index (χ2n) is 6.46. The van der Waals surface area contributed by atoms with Gasteiger partial charge in [0.05, 0.1) is 4.47 Å². The van der Waals surface area contributed by atoms with E-state index in [9.17, 15) is 4.79 Å². The van der Waals surface area contributed by atoms with Crippen LogP contribution in [0.25, 0.3) is 0 Å². The molecule has 23 heavy (non-hydrogen) atoms. The molecule has 4 nitrogen and oxygen atoms in total. The highest BCUT2D eigenvalue weighted by Crippen LogP contribution is 2.26. The van der Waals surface area contributed by atoms with Gasteiger partial charge in [0.15, 0.2) is 6.10 Å². The van der Waals surface area contributed by atoms with Gasteiger partial charge in [0.1, 0.15) is 5.75 Å². The molecule has 1 saturated heterocycles. The van der Waals surface area contributed by atoms with E-state index in [1.165, 1.54) is 19.3 Å². The van der Waals surface area contributed by atoms with Gasteiger partial charge in [-0.2, -0.15) is 0 Å². The number of piperidine rings is 1. The lowest BCUT2D eigenvalue weighted by Gasteiger charge is -2.29. The van der Waals surface area contributed by atoms with Crippen LogP contribution in [0, 0.1) is 6.92 Å². The highest BCUT2D eigenvalue weighted by molar-refractivity contribution is 9.10. The number of nitrogens with one attached hydrogen (secondary N) is 1. The van der Waals surface area contributed by atoms with E-state index in [2.05, 4.69) is 33.1 Å². The number of carbonyl (C=O) groups is 1. The Morgan fingerprint density at radius 2 is 2.00 bits per heavy atom. The third kappa shape index (κ3) is 5.81. The third-order valence-corrected chi connectivity index (χ3v) is 4.75. The van der Waals surface area contributed by atoms with Gasteiger partial charge < -0.3 is 15.0 Å². The predicted molar refractivity (Wildman–Crippen MR) is 96.9 cm³/mol. The number of carbonyl (C=O) groups excluding carboxylic acids is 1. The molecule has 1 amide bonds. The summed E-state index contributed by atoms with van der Waals surface area (Å²) in [5.41, 5.74) is 1.15. The first-order valence-electron chi connectivity index (χ1n) is 8.41. The molecule has 128 valence electrons. The number of nitrogens with zero attached hydrogens (tertiary/aromatic N) is 1. The summed E-state index contributed by atoms with van der Waals surface area (Å²) < 4.78 is 6.65. The van der Waals surface area contributed by atoms with E-state index in [0.29, 0.717) is 5.75 Å². The van der Waals surface area contributed by atoms with Gasteiger partial charge in [-0.25, -0.2) is 0 Å². The van der Waals surface area contributed by atoms with Gasteiger partial charge in [-0.1, -0.05) is 12.5 Å². The van der Waals surface area contributed by atoms with Crippen molar-refractivity contribution in [3.63, 3.8) is 0 Å². The molecule has 0 aromatic heterocycles. The number of ether oxygens (including phenoxy) is 1. The summed E-state index contributed by atoms with van der Waals surface area (Å²) in [7, 11) is 0. The van der Waals surface area contributed by atoms with Crippen molar-refractivity contribution in [2.45, 2.75) is 52.2 Å². The normalized spacial score (nSPS) is 18.3. The molecule has 0 spiro atoms. The molecule has 1 aromatic rings. The van der Waals surface area contributed by atoms with Crippen LogP contribution in [0.4, 0.5) is 0 Å².